The van der Waals surface area contributed by atoms with E-state index in [2.05, 4.69) is 4.52 Å². The van der Waals surface area contributed by atoms with Crippen molar-refractivity contribution in [2.75, 3.05) is 20.3 Å². The van der Waals surface area contributed by atoms with Crippen LogP contribution in [0, 0.1) is 5.82 Å². The van der Waals surface area contributed by atoms with Gasteiger partial charge in [0.15, 0.2) is 11.6 Å². The van der Waals surface area contributed by atoms with Crippen LogP contribution in [-0.2, 0) is 15.5 Å². The Morgan fingerprint density at radius 3 is 2.60 bits per heavy atom. The number of phosphoric ester groups is 1. The molecule has 0 aliphatic heterocycles. The molecule has 0 saturated heterocycles. The molecule has 9 heteroatoms. The van der Waals surface area contributed by atoms with Gasteiger partial charge in [-0.15, -0.1) is 0 Å². The molecule has 2 aromatic rings. The van der Waals surface area contributed by atoms with Crippen molar-refractivity contribution in [2.45, 2.75) is 37.1 Å². The predicted octanol–water partition coefficient (Wildman–Crippen LogP) is 3.53. The molecule has 7 nitrogen and oxygen atoms in total. The zero-order valence-electron chi connectivity index (χ0n) is 16.8. The van der Waals surface area contributed by atoms with Gasteiger partial charge in [0.2, 0.25) is 0 Å². The second-order valence-corrected chi connectivity index (χ2v) is 8.94. The van der Waals surface area contributed by atoms with Crippen molar-refractivity contribution in [2.24, 2.45) is 5.73 Å². The maximum Gasteiger partial charge on any atom is 0.469 e. The minimum absolute atomic E-state index is 0.166. The predicted molar refractivity (Wildman–Crippen MR) is 110 cm³/mol. The van der Waals surface area contributed by atoms with E-state index in [1.165, 1.54) is 13.2 Å². The van der Waals surface area contributed by atoms with Crippen LogP contribution in [0.15, 0.2) is 42.5 Å². The molecule has 0 spiro atoms. The summed E-state index contributed by atoms with van der Waals surface area (Å²) in [6.07, 6.45) is 2.62. The lowest BCUT2D eigenvalue weighted by atomic mass is 9.94. The molecule has 164 valence electrons. The van der Waals surface area contributed by atoms with Crippen molar-refractivity contribution >= 4 is 7.82 Å². The second kappa shape index (κ2) is 9.45. The Bertz CT molecular complexity index is 903. The monoisotopic (exact) mass is 439 g/mol. The van der Waals surface area contributed by atoms with E-state index in [4.69, 9.17) is 25.0 Å². The van der Waals surface area contributed by atoms with Crippen molar-refractivity contribution in [3.05, 3.63) is 59.4 Å². The van der Waals surface area contributed by atoms with Crippen LogP contribution in [0.3, 0.4) is 0 Å². The van der Waals surface area contributed by atoms with Crippen LogP contribution in [0.1, 0.15) is 36.3 Å². The highest BCUT2D eigenvalue weighted by molar-refractivity contribution is 7.46. The van der Waals surface area contributed by atoms with Gasteiger partial charge in [-0.3, -0.25) is 4.52 Å². The minimum atomic E-state index is -4.52. The van der Waals surface area contributed by atoms with Crippen molar-refractivity contribution in [1.82, 2.24) is 0 Å². The first-order valence-electron chi connectivity index (χ1n) is 9.72. The highest BCUT2D eigenvalue weighted by Gasteiger charge is 2.38. The molecule has 2 atom stereocenters. The van der Waals surface area contributed by atoms with E-state index >= 15 is 0 Å². The van der Waals surface area contributed by atoms with Crippen LogP contribution in [0.5, 0.6) is 11.5 Å². The van der Waals surface area contributed by atoms with Gasteiger partial charge >= 0.3 is 7.82 Å². The molecule has 1 aliphatic carbocycles. The van der Waals surface area contributed by atoms with Gasteiger partial charge < -0.3 is 25.0 Å². The van der Waals surface area contributed by atoms with Crippen LogP contribution in [0.2, 0.25) is 0 Å². The Balaban J connectivity index is 1.49. The average Bonchev–Trinajstić information content (AvgIpc) is 3.09. The molecule has 4 N–H and O–H groups in total. The van der Waals surface area contributed by atoms with Gasteiger partial charge in [-0.1, -0.05) is 18.2 Å². The lowest BCUT2D eigenvalue weighted by molar-refractivity contribution is 0.153. The summed E-state index contributed by atoms with van der Waals surface area (Å²) >= 11 is 0. The van der Waals surface area contributed by atoms with Crippen LogP contribution in [0.25, 0.3) is 0 Å². The van der Waals surface area contributed by atoms with E-state index in [1.807, 2.05) is 30.3 Å². The maximum absolute atomic E-state index is 13.7. The summed E-state index contributed by atoms with van der Waals surface area (Å²) in [5, 5.41) is 0. The first kappa shape index (κ1) is 22.7. The van der Waals surface area contributed by atoms with E-state index in [0.717, 1.165) is 23.3 Å². The lowest BCUT2D eigenvalue weighted by Crippen LogP contribution is -2.41. The largest absolute Gasteiger partial charge is 0.494 e. The smallest absolute Gasteiger partial charge is 0.469 e. The van der Waals surface area contributed by atoms with E-state index in [-0.39, 0.29) is 18.3 Å². The highest BCUT2D eigenvalue weighted by atomic mass is 31.2. The zero-order chi connectivity index (χ0) is 21.8. The number of methoxy groups -OCH3 is 1. The topological polar surface area (TPSA) is 111 Å². The Morgan fingerprint density at radius 2 is 1.97 bits per heavy atom. The van der Waals surface area contributed by atoms with E-state index in [9.17, 15) is 8.96 Å². The number of hydrogen-bond donors (Lipinski definition) is 3. The summed E-state index contributed by atoms with van der Waals surface area (Å²) in [7, 11) is -3.09. The fourth-order valence-electron chi connectivity index (χ4n) is 3.77. The summed E-state index contributed by atoms with van der Waals surface area (Å²) in [4.78, 5) is 17.8. The van der Waals surface area contributed by atoms with E-state index < -0.39 is 19.2 Å². The van der Waals surface area contributed by atoms with Gasteiger partial charge in [0, 0.05) is 12.0 Å². The van der Waals surface area contributed by atoms with E-state index in [1.54, 1.807) is 6.07 Å². The van der Waals surface area contributed by atoms with Gasteiger partial charge in [0.05, 0.1) is 20.3 Å². The second-order valence-electron chi connectivity index (χ2n) is 7.70. The molecular weight excluding hydrogens is 412 g/mol. The molecule has 1 saturated carbocycles. The molecule has 0 unspecified atom stereocenters. The van der Waals surface area contributed by atoms with Gasteiger partial charge in [-0.2, -0.15) is 0 Å². The van der Waals surface area contributed by atoms with Crippen molar-refractivity contribution < 1.29 is 32.7 Å². The van der Waals surface area contributed by atoms with Gasteiger partial charge in [-0.25, -0.2) is 8.96 Å². The molecule has 1 fully saturated rings. The summed E-state index contributed by atoms with van der Waals surface area (Å²) in [6.45, 7) is 0.251. The zero-order valence-corrected chi connectivity index (χ0v) is 17.7. The standard InChI is InChI=1S/C21H27FNO6P/c1-27-20-7-2-15(12-19(20)22)9-11-28-18-5-3-16(4-6-18)17-8-10-21(23,13-17)14-29-30(24,25)26/h2-7,12,17H,8-11,13-14,23H2,1H3,(H2,24,25,26)/t17-,21-/m1/s1. The lowest BCUT2D eigenvalue weighted by Gasteiger charge is -2.24. The number of phosphoric acid groups is 1. The van der Waals surface area contributed by atoms with Gasteiger partial charge in [0.1, 0.15) is 5.75 Å². The minimum Gasteiger partial charge on any atom is -0.494 e. The molecular formula is C21H27FNO6P. The molecule has 0 heterocycles. The van der Waals surface area contributed by atoms with Crippen LogP contribution in [-0.4, -0.2) is 35.6 Å². The number of nitrogens with two attached hydrogens (primary N) is 1. The van der Waals surface area contributed by atoms with Crippen LogP contribution >= 0.6 is 7.82 Å². The summed E-state index contributed by atoms with van der Waals surface area (Å²) in [5.41, 5.74) is 7.43. The third kappa shape index (κ3) is 6.27. The maximum atomic E-state index is 13.7. The fourth-order valence-corrected chi connectivity index (χ4v) is 4.20. The highest BCUT2D eigenvalue weighted by Crippen LogP contribution is 2.43. The molecule has 0 aromatic heterocycles. The first-order valence-corrected chi connectivity index (χ1v) is 11.2. The summed E-state index contributed by atoms with van der Waals surface area (Å²) in [5.74, 6) is 0.747. The van der Waals surface area contributed by atoms with Crippen molar-refractivity contribution in [3.63, 3.8) is 0 Å². The Morgan fingerprint density at radius 1 is 1.23 bits per heavy atom. The molecule has 0 radical (unpaired) electrons. The van der Waals surface area contributed by atoms with Crippen molar-refractivity contribution in [3.8, 4) is 11.5 Å². The normalized spacial score (nSPS) is 21.6. The number of halogens is 1. The Kier molecular flexibility index (Phi) is 7.16. The Labute approximate surface area is 175 Å². The van der Waals surface area contributed by atoms with Gasteiger partial charge in [0.25, 0.3) is 0 Å². The quantitative estimate of drug-likeness (QED) is 0.513. The van der Waals surface area contributed by atoms with Crippen LogP contribution in [0.4, 0.5) is 4.39 Å². The Hall–Kier alpha value is -1.96. The third-order valence-corrected chi connectivity index (χ3v) is 5.86. The summed E-state index contributed by atoms with van der Waals surface area (Å²) < 4.78 is 39.9. The third-order valence-electron chi connectivity index (χ3n) is 5.39. The van der Waals surface area contributed by atoms with E-state index in [0.29, 0.717) is 25.9 Å². The molecule has 0 bridgehead atoms. The average molecular weight is 439 g/mol. The molecule has 30 heavy (non-hydrogen) atoms. The fraction of sp³-hybridized carbons (Fsp3) is 0.429. The summed E-state index contributed by atoms with van der Waals surface area (Å²) in [6, 6.07) is 12.6. The van der Waals surface area contributed by atoms with Crippen LogP contribution < -0.4 is 15.2 Å². The van der Waals surface area contributed by atoms with Gasteiger partial charge in [-0.05, 0) is 60.6 Å². The number of ether oxygens (including phenoxy) is 2. The molecule has 0 amide bonds. The molecule has 1 aliphatic rings. The number of rotatable bonds is 9. The SMILES string of the molecule is COc1ccc(CCOc2ccc([C@@H]3CC[C@](N)(COP(=O)(O)O)C3)cc2)cc1F. The van der Waals surface area contributed by atoms with Crippen molar-refractivity contribution in [1.29, 1.82) is 0 Å². The molecule has 3 rings (SSSR count). The number of hydrogen-bond acceptors (Lipinski definition) is 5. The number of benzene rings is 2. The first-order chi connectivity index (χ1) is 14.2. The molecule has 2 aromatic carbocycles.